The average molecular weight is 365 g/mol. The van der Waals surface area contributed by atoms with E-state index in [2.05, 4.69) is 15.6 Å². The fourth-order valence-electron chi connectivity index (χ4n) is 2.77. The van der Waals surface area contributed by atoms with E-state index in [-0.39, 0.29) is 6.10 Å². The van der Waals surface area contributed by atoms with Crippen molar-refractivity contribution < 1.29 is 18.9 Å². The van der Waals surface area contributed by atoms with Gasteiger partial charge in [0.05, 0.1) is 26.9 Å². The summed E-state index contributed by atoms with van der Waals surface area (Å²) in [4.78, 5) is 4.24. The molecule has 1 atom stereocenters. The second-order valence-corrected chi connectivity index (χ2v) is 6.09. The minimum Gasteiger partial charge on any atom is -0.497 e. The summed E-state index contributed by atoms with van der Waals surface area (Å²) < 4.78 is 21.8. The van der Waals surface area contributed by atoms with Gasteiger partial charge in [-0.05, 0) is 31.4 Å². The van der Waals surface area contributed by atoms with E-state index in [1.54, 1.807) is 21.3 Å². The van der Waals surface area contributed by atoms with E-state index in [4.69, 9.17) is 18.9 Å². The van der Waals surface area contributed by atoms with Gasteiger partial charge >= 0.3 is 0 Å². The summed E-state index contributed by atoms with van der Waals surface area (Å²) in [5.41, 5.74) is 1.04. The highest BCUT2D eigenvalue weighted by molar-refractivity contribution is 5.79. The van der Waals surface area contributed by atoms with E-state index < -0.39 is 0 Å². The molecule has 0 saturated carbocycles. The van der Waals surface area contributed by atoms with Gasteiger partial charge in [0.15, 0.2) is 5.96 Å². The standard InChI is InChI=1S/C19H31N3O4/c1-20-19(21-9-5-10-25-14-17-6-4-11-26-17)22-13-15-7-8-16(23-2)12-18(15)24-3/h7-8,12,17H,4-6,9-11,13-14H2,1-3H3,(H2,20,21,22). The summed E-state index contributed by atoms with van der Waals surface area (Å²) in [5, 5.41) is 6.58. The molecule has 1 fully saturated rings. The van der Waals surface area contributed by atoms with Crippen LogP contribution in [0, 0.1) is 0 Å². The molecule has 7 nitrogen and oxygen atoms in total. The third-order valence-corrected chi connectivity index (χ3v) is 4.25. The lowest BCUT2D eigenvalue weighted by Crippen LogP contribution is -2.37. The molecule has 1 aromatic carbocycles. The lowest BCUT2D eigenvalue weighted by molar-refractivity contribution is 0.0168. The maximum Gasteiger partial charge on any atom is 0.191 e. The molecule has 0 spiro atoms. The third-order valence-electron chi connectivity index (χ3n) is 4.25. The molecule has 1 aliphatic rings. The normalized spacial score (nSPS) is 17.2. The topological polar surface area (TPSA) is 73.3 Å². The van der Waals surface area contributed by atoms with Gasteiger partial charge in [0.25, 0.3) is 0 Å². The number of hydrogen-bond donors (Lipinski definition) is 2. The Morgan fingerprint density at radius 3 is 2.85 bits per heavy atom. The van der Waals surface area contributed by atoms with Crippen molar-refractivity contribution in [3.63, 3.8) is 0 Å². The van der Waals surface area contributed by atoms with Gasteiger partial charge in [-0.1, -0.05) is 0 Å². The van der Waals surface area contributed by atoms with E-state index in [0.29, 0.717) is 13.2 Å². The van der Waals surface area contributed by atoms with Crippen LogP contribution in [0.15, 0.2) is 23.2 Å². The molecular weight excluding hydrogens is 334 g/mol. The van der Waals surface area contributed by atoms with E-state index >= 15 is 0 Å². The monoisotopic (exact) mass is 365 g/mol. The number of nitrogens with one attached hydrogen (secondary N) is 2. The summed E-state index contributed by atoms with van der Waals surface area (Å²) >= 11 is 0. The molecule has 1 aromatic rings. The first-order valence-electron chi connectivity index (χ1n) is 9.11. The Bertz CT molecular complexity index is 560. The Balaban J connectivity index is 1.64. The van der Waals surface area contributed by atoms with Crippen LogP contribution < -0.4 is 20.1 Å². The lowest BCUT2D eigenvalue weighted by atomic mass is 10.2. The smallest absolute Gasteiger partial charge is 0.191 e. The van der Waals surface area contributed by atoms with Gasteiger partial charge in [-0.2, -0.15) is 0 Å². The molecule has 1 aliphatic heterocycles. The van der Waals surface area contributed by atoms with Crippen molar-refractivity contribution in [1.82, 2.24) is 10.6 Å². The highest BCUT2D eigenvalue weighted by atomic mass is 16.5. The molecule has 0 aliphatic carbocycles. The van der Waals surface area contributed by atoms with Crippen LogP contribution in [0.5, 0.6) is 11.5 Å². The molecule has 2 rings (SSSR count). The van der Waals surface area contributed by atoms with E-state index in [1.807, 2.05) is 18.2 Å². The average Bonchev–Trinajstić information content (AvgIpc) is 3.20. The maximum absolute atomic E-state index is 5.66. The van der Waals surface area contributed by atoms with Crippen LogP contribution in [0.3, 0.4) is 0 Å². The molecule has 0 bridgehead atoms. The summed E-state index contributed by atoms with van der Waals surface area (Å²) in [6, 6.07) is 5.77. The minimum absolute atomic E-state index is 0.289. The number of benzene rings is 1. The van der Waals surface area contributed by atoms with Crippen molar-refractivity contribution in [2.45, 2.75) is 31.9 Å². The molecule has 0 aromatic heterocycles. The molecule has 7 heteroatoms. The van der Waals surface area contributed by atoms with Crippen LogP contribution in [0.2, 0.25) is 0 Å². The quantitative estimate of drug-likeness (QED) is 0.375. The molecule has 1 saturated heterocycles. The zero-order valence-electron chi connectivity index (χ0n) is 16.0. The van der Waals surface area contributed by atoms with Crippen LogP contribution >= 0.6 is 0 Å². The fourth-order valence-corrected chi connectivity index (χ4v) is 2.77. The van der Waals surface area contributed by atoms with Crippen molar-refractivity contribution in [3.05, 3.63) is 23.8 Å². The summed E-state index contributed by atoms with van der Waals surface area (Å²) in [6.07, 6.45) is 3.47. The summed E-state index contributed by atoms with van der Waals surface area (Å²) in [6.45, 7) is 3.70. The van der Waals surface area contributed by atoms with Gasteiger partial charge < -0.3 is 29.6 Å². The second kappa shape index (κ2) is 11.6. The number of rotatable bonds is 10. The Morgan fingerprint density at radius 1 is 1.27 bits per heavy atom. The van der Waals surface area contributed by atoms with Crippen molar-refractivity contribution in [2.75, 3.05) is 47.6 Å². The largest absolute Gasteiger partial charge is 0.497 e. The Kier molecular flexibility index (Phi) is 9.06. The van der Waals surface area contributed by atoms with Gasteiger partial charge in [0.2, 0.25) is 0 Å². The molecule has 146 valence electrons. The van der Waals surface area contributed by atoms with Crippen molar-refractivity contribution >= 4 is 5.96 Å². The Hall–Kier alpha value is -1.99. The fraction of sp³-hybridized carbons (Fsp3) is 0.632. The highest BCUT2D eigenvalue weighted by Crippen LogP contribution is 2.24. The van der Waals surface area contributed by atoms with Gasteiger partial charge in [-0.3, -0.25) is 4.99 Å². The zero-order valence-corrected chi connectivity index (χ0v) is 16.0. The summed E-state index contributed by atoms with van der Waals surface area (Å²) in [5.74, 6) is 2.31. The van der Waals surface area contributed by atoms with E-state index in [9.17, 15) is 0 Å². The van der Waals surface area contributed by atoms with Crippen LogP contribution in [-0.4, -0.2) is 59.7 Å². The number of nitrogens with zero attached hydrogens (tertiary/aromatic N) is 1. The molecule has 2 N–H and O–H groups in total. The lowest BCUT2D eigenvalue weighted by Gasteiger charge is -2.15. The van der Waals surface area contributed by atoms with Crippen LogP contribution in [0.25, 0.3) is 0 Å². The molecule has 1 heterocycles. The second-order valence-electron chi connectivity index (χ2n) is 6.09. The third kappa shape index (κ3) is 6.72. The number of guanidine groups is 1. The molecular formula is C19H31N3O4. The predicted octanol–water partition coefficient (Wildman–Crippen LogP) is 1.95. The van der Waals surface area contributed by atoms with E-state index in [0.717, 1.165) is 62.0 Å². The van der Waals surface area contributed by atoms with Crippen molar-refractivity contribution in [2.24, 2.45) is 4.99 Å². The van der Waals surface area contributed by atoms with Crippen LogP contribution in [0.1, 0.15) is 24.8 Å². The predicted molar refractivity (Wildman–Crippen MR) is 102 cm³/mol. The zero-order chi connectivity index (χ0) is 18.6. The van der Waals surface area contributed by atoms with Crippen molar-refractivity contribution in [1.29, 1.82) is 0 Å². The number of ether oxygens (including phenoxy) is 4. The number of aliphatic imine (C=N–C) groups is 1. The molecule has 0 amide bonds. The first-order valence-corrected chi connectivity index (χ1v) is 9.11. The van der Waals surface area contributed by atoms with Crippen LogP contribution in [-0.2, 0) is 16.0 Å². The van der Waals surface area contributed by atoms with Gasteiger partial charge in [-0.15, -0.1) is 0 Å². The van der Waals surface area contributed by atoms with Gasteiger partial charge in [0.1, 0.15) is 11.5 Å². The van der Waals surface area contributed by atoms with Gasteiger partial charge in [-0.25, -0.2) is 0 Å². The minimum atomic E-state index is 0.289. The number of methoxy groups -OCH3 is 2. The summed E-state index contributed by atoms with van der Waals surface area (Å²) in [7, 11) is 5.06. The van der Waals surface area contributed by atoms with Crippen LogP contribution in [0.4, 0.5) is 0 Å². The van der Waals surface area contributed by atoms with E-state index in [1.165, 1.54) is 0 Å². The first-order chi connectivity index (χ1) is 12.8. The van der Waals surface area contributed by atoms with Gasteiger partial charge in [0, 0.05) is 45.0 Å². The molecule has 26 heavy (non-hydrogen) atoms. The first kappa shape index (κ1) is 20.3. The molecule has 1 unspecified atom stereocenters. The molecule has 0 radical (unpaired) electrons. The Labute approximate surface area is 156 Å². The Morgan fingerprint density at radius 2 is 2.15 bits per heavy atom. The highest BCUT2D eigenvalue weighted by Gasteiger charge is 2.14. The van der Waals surface area contributed by atoms with Crippen molar-refractivity contribution in [3.8, 4) is 11.5 Å². The SMILES string of the molecule is CN=C(NCCCOCC1CCCO1)NCc1ccc(OC)cc1OC. The number of hydrogen-bond acceptors (Lipinski definition) is 5. The maximum atomic E-state index is 5.66.